The Kier molecular flexibility index (Phi) is 4.00. The highest BCUT2D eigenvalue weighted by molar-refractivity contribution is 6.04. The van der Waals surface area contributed by atoms with Gasteiger partial charge in [0.1, 0.15) is 0 Å². The molecule has 0 saturated carbocycles. The number of hydrogen-bond donors (Lipinski definition) is 3. The third kappa shape index (κ3) is 3.58. The molecular formula is C15H16N4O. The molecule has 5 N–H and O–H groups in total. The highest BCUT2D eigenvalue weighted by Crippen LogP contribution is 2.15. The topological polar surface area (TPSA) is 93.5 Å². The van der Waals surface area contributed by atoms with Crippen LogP contribution in [0, 0.1) is 6.92 Å². The van der Waals surface area contributed by atoms with Crippen LogP contribution in [0.25, 0.3) is 0 Å². The second-order valence-corrected chi connectivity index (χ2v) is 4.40. The van der Waals surface area contributed by atoms with Gasteiger partial charge in [0.15, 0.2) is 5.96 Å². The van der Waals surface area contributed by atoms with E-state index >= 15 is 0 Å². The molecule has 0 radical (unpaired) electrons. The number of aryl methyl sites for hydroxylation is 1. The highest BCUT2D eigenvalue weighted by Gasteiger charge is 2.05. The molecule has 2 rings (SSSR count). The Labute approximate surface area is 117 Å². The Morgan fingerprint density at radius 3 is 2.15 bits per heavy atom. The molecule has 0 fully saturated rings. The van der Waals surface area contributed by atoms with Gasteiger partial charge in [-0.3, -0.25) is 4.79 Å². The molecule has 2 aromatic carbocycles. The van der Waals surface area contributed by atoms with E-state index in [1.54, 1.807) is 24.3 Å². The summed E-state index contributed by atoms with van der Waals surface area (Å²) in [4.78, 5) is 15.9. The largest absolute Gasteiger partial charge is 0.370 e. The molecule has 0 aliphatic carbocycles. The number of hydrogen-bond acceptors (Lipinski definition) is 2. The average Bonchev–Trinajstić information content (AvgIpc) is 2.41. The maximum Gasteiger partial charge on any atom is 0.255 e. The minimum atomic E-state index is -0.176. The molecule has 0 atom stereocenters. The fourth-order valence-electron chi connectivity index (χ4n) is 1.68. The van der Waals surface area contributed by atoms with Gasteiger partial charge in [0.05, 0.1) is 5.69 Å². The van der Waals surface area contributed by atoms with Crippen LogP contribution in [0.4, 0.5) is 11.4 Å². The third-order valence-electron chi connectivity index (χ3n) is 2.70. The first-order valence-corrected chi connectivity index (χ1v) is 6.12. The van der Waals surface area contributed by atoms with Crippen LogP contribution < -0.4 is 16.8 Å². The summed E-state index contributed by atoms with van der Waals surface area (Å²) in [6.07, 6.45) is 0. The second kappa shape index (κ2) is 5.88. The summed E-state index contributed by atoms with van der Waals surface area (Å²) in [7, 11) is 0. The van der Waals surface area contributed by atoms with Gasteiger partial charge in [-0.1, -0.05) is 17.7 Å². The first-order chi connectivity index (χ1) is 9.54. The van der Waals surface area contributed by atoms with Crippen molar-refractivity contribution in [3.8, 4) is 0 Å². The fraction of sp³-hybridized carbons (Fsp3) is 0.0667. The molecule has 0 bridgehead atoms. The standard InChI is InChI=1S/C15H16N4O/c1-10-2-6-12(7-3-10)18-14(20)11-4-8-13(9-5-11)19-15(16)17/h2-9H,1H3,(H,18,20)(H4,16,17,19). The fourth-order valence-corrected chi connectivity index (χ4v) is 1.68. The molecule has 0 aliphatic rings. The van der Waals surface area contributed by atoms with Crippen molar-refractivity contribution in [2.45, 2.75) is 6.92 Å². The zero-order valence-electron chi connectivity index (χ0n) is 11.1. The number of rotatable bonds is 3. The first-order valence-electron chi connectivity index (χ1n) is 6.12. The van der Waals surface area contributed by atoms with Crippen molar-refractivity contribution < 1.29 is 4.79 Å². The quantitative estimate of drug-likeness (QED) is 0.588. The molecule has 0 aliphatic heterocycles. The van der Waals surface area contributed by atoms with Crippen LogP contribution in [0.2, 0.25) is 0 Å². The predicted octanol–water partition coefficient (Wildman–Crippen LogP) is 2.15. The lowest BCUT2D eigenvalue weighted by Gasteiger charge is -2.05. The van der Waals surface area contributed by atoms with E-state index in [0.29, 0.717) is 11.3 Å². The Hall–Kier alpha value is -2.82. The van der Waals surface area contributed by atoms with Gasteiger partial charge in [-0.05, 0) is 43.3 Å². The Balaban J connectivity index is 2.09. The van der Waals surface area contributed by atoms with Crippen molar-refractivity contribution in [1.82, 2.24) is 0 Å². The van der Waals surface area contributed by atoms with Gasteiger partial charge < -0.3 is 16.8 Å². The Morgan fingerprint density at radius 1 is 1.00 bits per heavy atom. The van der Waals surface area contributed by atoms with E-state index in [2.05, 4.69) is 10.3 Å². The molecule has 0 heterocycles. The van der Waals surface area contributed by atoms with Crippen LogP contribution in [0.1, 0.15) is 15.9 Å². The van der Waals surface area contributed by atoms with Crippen LogP contribution in [0.3, 0.4) is 0 Å². The average molecular weight is 268 g/mol. The molecule has 0 saturated heterocycles. The monoisotopic (exact) mass is 268 g/mol. The zero-order valence-corrected chi connectivity index (χ0v) is 11.1. The van der Waals surface area contributed by atoms with E-state index in [-0.39, 0.29) is 11.9 Å². The van der Waals surface area contributed by atoms with Crippen LogP contribution >= 0.6 is 0 Å². The summed E-state index contributed by atoms with van der Waals surface area (Å²) >= 11 is 0. The molecule has 1 amide bonds. The van der Waals surface area contributed by atoms with Crippen molar-refractivity contribution in [3.63, 3.8) is 0 Å². The van der Waals surface area contributed by atoms with Gasteiger partial charge in [0.25, 0.3) is 5.91 Å². The van der Waals surface area contributed by atoms with Crippen molar-refractivity contribution in [3.05, 3.63) is 59.7 Å². The molecular weight excluding hydrogens is 252 g/mol. The third-order valence-corrected chi connectivity index (χ3v) is 2.70. The summed E-state index contributed by atoms with van der Waals surface area (Å²) in [6.45, 7) is 1.99. The molecule has 0 spiro atoms. The smallest absolute Gasteiger partial charge is 0.255 e. The molecule has 5 heteroatoms. The van der Waals surface area contributed by atoms with Crippen molar-refractivity contribution in [2.75, 3.05) is 5.32 Å². The maximum absolute atomic E-state index is 12.0. The number of amides is 1. The number of benzene rings is 2. The van der Waals surface area contributed by atoms with Gasteiger partial charge >= 0.3 is 0 Å². The lowest BCUT2D eigenvalue weighted by molar-refractivity contribution is 0.102. The molecule has 20 heavy (non-hydrogen) atoms. The number of nitrogens with two attached hydrogens (primary N) is 2. The van der Waals surface area contributed by atoms with Gasteiger partial charge in [0, 0.05) is 11.3 Å². The number of aliphatic imine (C=N–C) groups is 1. The van der Waals surface area contributed by atoms with Crippen molar-refractivity contribution >= 4 is 23.2 Å². The molecule has 0 aromatic heterocycles. The van der Waals surface area contributed by atoms with Crippen molar-refractivity contribution in [1.29, 1.82) is 0 Å². The summed E-state index contributed by atoms with van der Waals surface area (Å²) in [5, 5.41) is 2.82. The van der Waals surface area contributed by atoms with E-state index in [9.17, 15) is 4.79 Å². The minimum absolute atomic E-state index is 0.0122. The van der Waals surface area contributed by atoms with E-state index in [4.69, 9.17) is 11.5 Å². The number of nitrogens with zero attached hydrogens (tertiary/aromatic N) is 1. The van der Waals surface area contributed by atoms with E-state index < -0.39 is 0 Å². The van der Waals surface area contributed by atoms with Crippen LogP contribution in [0.15, 0.2) is 53.5 Å². The van der Waals surface area contributed by atoms with E-state index in [0.717, 1.165) is 11.3 Å². The Bertz CT molecular complexity index is 626. The van der Waals surface area contributed by atoms with Gasteiger partial charge in [-0.15, -0.1) is 0 Å². The highest BCUT2D eigenvalue weighted by atomic mass is 16.1. The van der Waals surface area contributed by atoms with Gasteiger partial charge in [0.2, 0.25) is 0 Å². The molecule has 2 aromatic rings. The minimum Gasteiger partial charge on any atom is -0.370 e. The summed E-state index contributed by atoms with van der Waals surface area (Å²) in [5.74, 6) is -0.188. The van der Waals surface area contributed by atoms with Gasteiger partial charge in [-0.25, -0.2) is 4.99 Å². The van der Waals surface area contributed by atoms with Crippen LogP contribution in [-0.4, -0.2) is 11.9 Å². The maximum atomic E-state index is 12.0. The number of anilines is 1. The molecule has 5 nitrogen and oxygen atoms in total. The Morgan fingerprint density at radius 2 is 1.60 bits per heavy atom. The van der Waals surface area contributed by atoms with Crippen LogP contribution in [-0.2, 0) is 0 Å². The summed E-state index contributed by atoms with van der Waals surface area (Å²) in [5.41, 5.74) is 13.6. The predicted molar refractivity (Wildman–Crippen MR) is 81.0 cm³/mol. The number of carbonyl (C=O) groups excluding carboxylic acids is 1. The first kappa shape index (κ1) is 13.6. The number of guanidine groups is 1. The van der Waals surface area contributed by atoms with Gasteiger partial charge in [-0.2, -0.15) is 0 Å². The van der Waals surface area contributed by atoms with E-state index in [1.807, 2.05) is 31.2 Å². The second-order valence-electron chi connectivity index (χ2n) is 4.40. The molecule has 102 valence electrons. The molecule has 0 unspecified atom stereocenters. The lowest BCUT2D eigenvalue weighted by atomic mass is 10.2. The summed E-state index contributed by atoms with van der Waals surface area (Å²) in [6, 6.07) is 14.3. The normalized spacial score (nSPS) is 9.85. The lowest BCUT2D eigenvalue weighted by Crippen LogP contribution is -2.21. The zero-order chi connectivity index (χ0) is 14.5. The SMILES string of the molecule is Cc1ccc(NC(=O)c2ccc(N=C(N)N)cc2)cc1. The van der Waals surface area contributed by atoms with Crippen LogP contribution in [0.5, 0.6) is 0 Å². The van der Waals surface area contributed by atoms with E-state index in [1.165, 1.54) is 0 Å². The number of nitrogens with one attached hydrogen (secondary N) is 1. The summed E-state index contributed by atoms with van der Waals surface area (Å²) < 4.78 is 0. The number of carbonyl (C=O) groups is 1. The van der Waals surface area contributed by atoms with Crippen molar-refractivity contribution in [2.24, 2.45) is 16.5 Å².